The van der Waals surface area contributed by atoms with Crippen LogP contribution in [0, 0.1) is 0 Å². The van der Waals surface area contributed by atoms with Crippen molar-refractivity contribution in [3.05, 3.63) is 28.2 Å². The zero-order chi connectivity index (χ0) is 9.14. The molecule has 1 atom stereocenters. The van der Waals surface area contributed by atoms with Crippen molar-refractivity contribution >= 4 is 15.9 Å². The maximum absolute atomic E-state index is 9.25. The first-order chi connectivity index (χ1) is 5.65. The predicted octanol–water partition coefficient (Wildman–Crippen LogP) is 2.51. The molecule has 0 fully saturated rings. The molecule has 0 saturated carbocycles. The van der Waals surface area contributed by atoms with Gasteiger partial charge in [-0.05, 0) is 40.5 Å². The molecule has 0 saturated heterocycles. The van der Waals surface area contributed by atoms with E-state index in [1.807, 2.05) is 18.2 Å². The Labute approximate surface area is 80.3 Å². The normalized spacial score (nSPS) is 12.7. The Hall–Kier alpha value is -0.540. The molecule has 0 radical (unpaired) electrons. The third-order valence-corrected chi connectivity index (χ3v) is 2.28. The minimum Gasteiger partial charge on any atom is -0.496 e. The molecule has 0 heterocycles. The number of benzene rings is 1. The molecule has 3 heteroatoms. The van der Waals surface area contributed by atoms with E-state index in [1.165, 1.54) is 0 Å². The average molecular weight is 231 g/mol. The average Bonchev–Trinajstić information content (AvgIpc) is 2.04. The molecule has 66 valence electrons. The van der Waals surface area contributed by atoms with Crippen LogP contribution in [-0.2, 0) is 0 Å². The number of hydrogen-bond acceptors (Lipinski definition) is 2. The van der Waals surface area contributed by atoms with Crippen LogP contribution >= 0.6 is 15.9 Å². The highest BCUT2D eigenvalue weighted by atomic mass is 79.9. The largest absolute Gasteiger partial charge is 0.496 e. The van der Waals surface area contributed by atoms with Gasteiger partial charge in [-0.1, -0.05) is 6.07 Å². The van der Waals surface area contributed by atoms with Crippen LogP contribution in [0.4, 0.5) is 0 Å². The lowest BCUT2D eigenvalue weighted by atomic mass is 10.1. The van der Waals surface area contributed by atoms with Crippen LogP contribution in [0.25, 0.3) is 0 Å². The molecule has 0 aliphatic carbocycles. The van der Waals surface area contributed by atoms with Crippen molar-refractivity contribution in [2.45, 2.75) is 13.0 Å². The van der Waals surface area contributed by atoms with Gasteiger partial charge in [0, 0.05) is 0 Å². The standard InChI is InChI=1S/C9H11BrO2/c1-6(11)7-3-4-9(12-2)8(10)5-7/h3-6,11H,1-2H3/t6-/m1/s1. The molecule has 0 bridgehead atoms. The minimum absolute atomic E-state index is 0.438. The Morgan fingerprint density at radius 1 is 1.50 bits per heavy atom. The molecule has 1 rings (SSSR count). The van der Waals surface area contributed by atoms with E-state index < -0.39 is 6.10 Å². The summed E-state index contributed by atoms with van der Waals surface area (Å²) in [6.07, 6.45) is -0.438. The fourth-order valence-corrected chi connectivity index (χ4v) is 1.50. The van der Waals surface area contributed by atoms with Crippen LogP contribution in [0.1, 0.15) is 18.6 Å². The van der Waals surface area contributed by atoms with E-state index in [1.54, 1.807) is 14.0 Å². The molecule has 0 amide bonds. The summed E-state index contributed by atoms with van der Waals surface area (Å²) in [4.78, 5) is 0. The van der Waals surface area contributed by atoms with Crippen molar-refractivity contribution in [3.8, 4) is 5.75 Å². The van der Waals surface area contributed by atoms with E-state index >= 15 is 0 Å². The topological polar surface area (TPSA) is 29.5 Å². The van der Waals surface area contributed by atoms with Crippen molar-refractivity contribution in [1.29, 1.82) is 0 Å². The highest BCUT2D eigenvalue weighted by Gasteiger charge is 2.04. The highest BCUT2D eigenvalue weighted by molar-refractivity contribution is 9.10. The second-order valence-corrected chi connectivity index (χ2v) is 3.42. The number of hydrogen-bond donors (Lipinski definition) is 1. The van der Waals surface area contributed by atoms with E-state index in [9.17, 15) is 5.11 Å². The number of halogens is 1. The van der Waals surface area contributed by atoms with Gasteiger partial charge in [-0.2, -0.15) is 0 Å². The quantitative estimate of drug-likeness (QED) is 0.847. The molecular formula is C9H11BrO2. The Morgan fingerprint density at radius 3 is 2.58 bits per heavy atom. The lowest BCUT2D eigenvalue weighted by Gasteiger charge is -2.07. The number of methoxy groups -OCH3 is 1. The lowest BCUT2D eigenvalue weighted by molar-refractivity contribution is 0.199. The molecule has 2 nitrogen and oxygen atoms in total. The third kappa shape index (κ3) is 1.99. The molecule has 1 aromatic carbocycles. The van der Waals surface area contributed by atoms with Gasteiger partial charge in [-0.15, -0.1) is 0 Å². The first-order valence-electron chi connectivity index (χ1n) is 3.66. The van der Waals surface area contributed by atoms with E-state index in [4.69, 9.17) is 4.74 Å². The van der Waals surface area contributed by atoms with Crippen molar-refractivity contribution in [3.63, 3.8) is 0 Å². The fraction of sp³-hybridized carbons (Fsp3) is 0.333. The molecule has 0 aliphatic rings. The van der Waals surface area contributed by atoms with Gasteiger partial charge < -0.3 is 9.84 Å². The Bertz CT molecular complexity index is 271. The fourth-order valence-electron chi connectivity index (χ4n) is 0.942. The number of aliphatic hydroxyl groups excluding tert-OH is 1. The summed E-state index contributed by atoms with van der Waals surface area (Å²) in [6, 6.07) is 5.52. The third-order valence-electron chi connectivity index (χ3n) is 1.66. The summed E-state index contributed by atoms with van der Waals surface area (Å²) in [5.41, 5.74) is 0.877. The maximum atomic E-state index is 9.25. The molecule has 1 aromatic rings. The van der Waals surface area contributed by atoms with Crippen molar-refractivity contribution < 1.29 is 9.84 Å². The van der Waals surface area contributed by atoms with Crippen LogP contribution in [0.5, 0.6) is 5.75 Å². The van der Waals surface area contributed by atoms with Crippen LogP contribution in [-0.4, -0.2) is 12.2 Å². The van der Waals surface area contributed by atoms with E-state index in [-0.39, 0.29) is 0 Å². The summed E-state index contributed by atoms with van der Waals surface area (Å²) in [5.74, 6) is 0.777. The summed E-state index contributed by atoms with van der Waals surface area (Å²) in [5, 5.41) is 9.25. The first-order valence-corrected chi connectivity index (χ1v) is 4.46. The molecule has 0 unspecified atom stereocenters. The van der Waals surface area contributed by atoms with Gasteiger partial charge >= 0.3 is 0 Å². The molecule has 0 spiro atoms. The van der Waals surface area contributed by atoms with Gasteiger partial charge in [0.05, 0.1) is 17.7 Å². The minimum atomic E-state index is -0.438. The molecule has 0 aromatic heterocycles. The van der Waals surface area contributed by atoms with Crippen LogP contribution in [0.15, 0.2) is 22.7 Å². The number of rotatable bonds is 2. The molecular weight excluding hydrogens is 220 g/mol. The predicted molar refractivity (Wildman–Crippen MR) is 51.3 cm³/mol. The second kappa shape index (κ2) is 3.92. The van der Waals surface area contributed by atoms with Gasteiger partial charge in [0.2, 0.25) is 0 Å². The van der Waals surface area contributed by atoms with Crippen LogP contribution in [0.3, 0.4) is 0 Å². The van der Waals surface area contributed by atoms with Crippen molar-refractivity contribution in [2.75, 3.05) is 7.11 Å². The maximum Gasteiger partial charge on any atom is 0.133 e. The first kappa shape index (κ1) is 9.55. The van der Waals surface area contributed by atoms with E-state index in [2.05, 4.69) is 15.9 Å². The van der Waals surface area contributed by atoms with Gasteiger partial charge in [0.15, 0.2) is 0 Å². The summed E-state index contributed by atoms with van der Waals surface area (Å²) >= 11 is 3.34. The Kier molecular flexibility index (Phi) is 3.12. The SMILES string of the molecule is COc1ccc([C@@H](C)O)cc1Br. The highest BCUT2D eigenvalue weighted by Crippen LogP contribution is 2.27. The second-order valence-electron chi connectivity index (χ2n) is 2.57. The number of aliphatic hydroxyl groups is 1. The van der Waals surface area contributed by atoms with Gasteiger partial charge in [-0.25, -0.2) is 0 Å². The van der Waals surface area contributed by atoms with Crippen molar-refractivity contribution in [1.82, 2.24) is 0 Å². The monoisotopic (exact) mass is 230 g/mol. The smallest absolute Gasteiger partial charge is 0.133 e. The van der Waals surface area contributed by atoms with E-state index in [0.717, 1.165) is 15.8 Å². The van der Waals surface area contributed by atoms with Gasteiger partial charge in [0.25, 0.3) is 0 Å². The van der Waals surface area contributed by atoms with Crippen LogP contribution in [0.2, 0.25) is 0 Å². The Morgan fingerprint density at radius 2 is 2.17 bits per heavy atom. The van der Waals surface area contributed by atoms with Crippen LogP contribution < -0.4 is 4.74 Å². The summed E-state index contributed by atoms with van der Waals surface area (Å²) in [6.45, 7) is 1.73. The molecule has 12 heavy (non-hydrogen) atoms. The molecule has 0 aliphatic heterocycles. The van der Waals surface area contributed by atoms with Crippen molar-refractivity contribution in [2.24, 2.45) is 0 Å². The van der Waals surface area contributed by atoms with E-state index in [0.29, 0.717) is 0 Å². The zero-order valence-corrected chi connectivity index (χ0v) is 8.63. The molecule has 1 N–H and O–H groups in total. The lowest BCUT2D eigenvalue weighted by Crippen LogP contribution is -1.92. The van der Waals surface area contributed by atoms with Gasteiger partial charge in [0.1, 0.15) is 5.75 Å². The van der Waals surface area contributed by atoms with Gasteiger partial charge in [-0.3, -0.25) is 0 Å². The number of ether oxygens (including phenoxy) is 1. The Balaban J connectivity index is 3.02. The zero-order valence-electron chi connectivity index (χ0n) is 7.04. The summed E-state index contributed by atoms with van der Waals surface area (Å²) in [7, 11) is 1.61. The summed E-state index contributed by atoms with van der Waals surface area (Å²) < 4.78 is 5.92.